The summed E-state index contributed by atoms with van der Waals surface area (Å²) in [7, 11) is 0. The number of phenols is 1. The Bertz CT molecular complexity index is 1460. The molecule has 0 fully saturated rings. The minimum absolute atomic E-state index is 0. The zero-order chi connectivity index (χ0) is 30.4. The number of halogens is 2. The van der Waals surface area contributed by atoms with Crippen LogP contribution in [0.2, 0.25) is 0 Å². The fourth-order valence-corrected chi connectivity index (χ4v) is 3.08. The standard InChI is InChI=1S/C15H14FNO3.C13H12FNO2.C2H4O2.CH4/c1-3-11-7-8-12(13(9-11)19-10(2)18)20-15-6-4-5-14(16)17-15;1-2-9-6-7-11(10(16)8-9)17-13-5-3-4-12(14)15-13;1-2(3)4;/h4-9H,3H2,1-2H3;3-8,16H,2H2,1H3;1H3,(H,3,4);1H4. The van der Waals surface area contributed by atoms with Gasteiger partial charge in [-0.25, -0.2) is 0 Å². The smallest absolute Gasteiger partial charge is 0.308 e. The zero-order valence-electron chi connectivity index (χ0n) is 22.9. The number of ether oxygens (including phenoxy) is 3. The molecule has 0 spiro atoms. The van der Waals surface area contributed by atoms with Crippen LogP contribution in [0, 0.1) is 11.9 Å². The molecule has 0 saturated heterocycles. The summed E-state index contributed by atoms with van der Waals surface area (Å²) in [5.74, 6) is -1.43. The molecule has 0 radical (unpaired) electrons. The van der Waals surface area contributed by atoms with Crippen molar-refractivity contribution in [3.8, 4) is 34.8 Å². The molecule has 0 aliphatic rings. The minimum Gasteiger partial charge on any atom is -0.504 e. The van der Waals surface area contributed by atoms with Crippen LogP contribution in [-0.4, -0.2) is 32.1 Å². The van der Waals surface area contributed by atoms with Crippen LogP contribution in [0.1, 0.15) is 46.2 Å². The topological polar surface area (TPSA) is 128 Å². The van der Waals surface area contributed by atoms with Gasteiger partial charge in [0.1, 0.15) is 0 Å². The van der Waals surface area contributed by atoms with E-state index in [0.717, 1.165) is 30.9 Å². The van der Waals surface area contributed by atoms with Crippen molar-refractivity contribution in [2.24, 2.45) is 0 Å². The van der Waals surface area contributed by atoms with E-state index in [1.54, 1.807) is 24.3 Å². The number of carbonyl (C=O) groups excluding carboxylic acids is 1. The monoisotopic (exact) mass is 584 g/mol. The SMILES string of the molecule is C.CC(=O)O.CCc1ccc(Oc2cccc(F)n2)c(O)c1.CCc1ccc(Oc2cccc(F)n2)c(OC(C)=O)c1. The van der Waals surface area contributed by atoms with E-state index in [0.29, 0.717) is 11.5 Å². The summed E-state index contributed by atoms with van der Waals surface area (Å²) >= 11 is 0. The first-order chi connectivity index (χ1) is 19.5. The first-order valence-electron chi connectivity index (χ1n) is 12.4. The number of phenolic OH excluding ortho intramolecular Hbond substituents is 1. The maximum Gasteiger partial charge on any atom is 0.308 e. The van der Waals surface area contributed by atoms with Crippen molar-refractivity contribution >= 4 is 11.9 Å². The molecular weight excluding hydrogens is 550 g/mol. The highest BCUT2D eigenvalue weighted by Crippen LogP contribution is 2.32. The van der Waals surface area contributed by atoms with Gasteiger partial charge in [0, 0.05) is 26.0 Å². The molecule has 2 N–H and O–H groups in total. The number of aromatic nitrogens is 2. The lowest BCUT2D eigenvalue weighted by atomic mass is 10.1. The molecule has 2 aromatic heterocycles. The lowest BCUT2D eigenvalue weighted by molar-refractivity contribution is -0.134. The molecule has 2 aromatic carbocycles. The molecule has 0 aliphatic carbocycles. The largest absolute Gasteiger partial charge is 0.504 e. The quantitative estimate of drug-likeness (QED) is 0.129. The number of carboxylic acid groups (broad SMARTS) is 1. The summed E-state index contributed by atoms with van der Waals surface area (Å²) in [5.41, 5.74) is 2.00. The molecule has 42 heavy (non-hydrogen) atoms. The van der Waals surface area contributed by atoms with E-state index in [-0.39, 0.29) is 30.7 Å². The van der Waals surface area contributed by atoms with Gasteiger partial charge in [0.05, 0.1) is 0 Å². The summed E-state index contributed by atoms with van der Waals surface area (Å²) in [6.45, 7) is 6.37. The molecule has 0 atom stereocenters. The van der Waals surface area contributed by atoms with Gasteiger partial charge in [-0.3, -0.25) is 9.59 Å². The molecule has 4 rings (SSSR count). The van der Waals surface area contributed by atoms with Gasteiger partial charge in [-0.1, -0.05) is 45.5 Å². The molecule has 4 aromatic rings. The third-order valence-electron chi connectivity index (χ3n) is 4.91. The van der Waals surface area contributed by atoms with Crippen molar-refractivity contribution in [1.82, 2.24) is 9.97 Å². The molecule has 11 heteroatoms. The number of benzene rings is 2. The number of aryl methyl sites for hydroxylation is 2. The highest BCUT2D eigenvalue weighted by atomic mass is 19.1. The Labute approximate surface area is 243 Å². The van der Waals surface area contributed by atoms with Crippen LogP contribution in [0.3, 0.4) is 0 Å². The van der Waals surface area contributed by atoms with E-state index in [9.17, 15) is 18.7 Å². The van der Waals surface area contributed by atoms with E-state index in [4.69, 9.17) is 24.1 Å². The highest BCUT2D eigenvalue weighted by Gasteiger charge is 2.11. The van der Waals surface area contributed by atoms with Gasteiger partial charge in [0.25, 0.3) is 5.97 Å². The van der Waals surface area contributed by atoms with Gasteiger partial charge < -0.3 is 24.4 Å². The van der Waals surface area contributed by atoms with Crippen LogP contribution < -0.4 is 14.2 Å². The minimum atomic E-state index is -0.833. The van der Waals surface area contributed by atoms with E-state index in [1.165, 1.54) is 43.3 Å². The second-order valence-corrected chi connectivity index (χ2v) is 8.20. The number of aliphatic carboxylic acids is 1. The Morgan fingerprint density at radius 3 is 1.62 bits per heavy atom. The molecule has 9 nitrogen and oxygen atoms in total. The Hall–Kier alpha value is -5.06. The van der Waals surface area contributed by atoms with Crippen LogP contribution in [-0.2, 0) is 22.4 Å². The summed E-state index contributed by atoms with van der Waals surface area (Å²) in [5, 5.41) is 17.1. The van der Waals surface area contributed by atoms with Crippen molar-refractivity contribution < 1.29 is 42.8 Å². The van der Waals surface area contributed by atoms with Gasteiger partial charge in [-0.15, -0.1) is 0 Å². The first kappa shape index (κ1) is 35.0. The number of pyridine rings is 2. The third-order valence-corrected chi connectivity index (χ3v) is 4.91. The summed E-state index contributed by atoms with van der Waals surface area (Å²) < 4.78 is 41.7. The number of carboxylic acids is 1. The normalized spacial score (nSPS) is 9.57. The van der Waals surface area contributed by atoms with Crippen LogP contribution in [0.15, 0.2) is 72.8 Å². The van der Waals surface area contributed by atoms with Gasteiger partial charge in [0.2, 0.25) is 23.7 Å². The van der Waals surface area contributed by atoms with Crippen molar-refractivity contribution in [2.45, 2.75) is 48.0 Å². The van der Waals surface area contributed by atoms with Crippen molar-refractivity contribution in [1.29, 1.82) is 0 Å². The predicted molar refractivity (Wildman–Crippen MR) is 153 cm³/mol. The van der Waals surface area contributed by atoms with E-state index < -0.39 is 23.8 Å². The Morgan fingerprint density at radius 1 is 0.738 bits per heavy atom. The number of aromatic hydroxyl groups is 1. The van der Waals surface area contributed by atoms with E-state index >= 15 is 0 Å². The van der Waals surface area contributed by atoms with Gasteiger partial charge in [-0.2, -0.15) is 18.7 Å². The van der Waals surface area contributed by atoms with E-state index in [1.807, 2.05) is 26.0 Å². The fourth-order valence-electron chi connectivity index (χ4n) is 3.08. The first-order valence-corrected chi connectivity index (χ1v) is 12.4. The maximum absolute atomic E-state index is 13.0. The second-order valence-electron chi connectivity index (χ2n) is 8.20. The van der Waals surface area contributed by atoms with Crippen molar-refractivity contribution in [2.75, 3.05) is 0 Å². The summed E-state index contributed by atoms with van der Waals surface area (Å²) in [6, 6.07) is 18.8. The lowest BCUT2D eigenvalue weighted by Gasteiger charge is -2.11. The second kappa shape index (κ2) is 17.6. The van der Waals surface area contributed by atoms with Gasteiger partial charge in [0.15, 0.2) is 23.0 Å². The Morgan fingerprint density at radius 2 is 1.19 bits per heavy atom. The average Bonchev–Trinajstić information content (AvgIpc) is 2.91. The molecule has 2 heterocycles. The number of esters is 1. The van der Waals surface area contributed by atoms with Crippen LogP contribution in [0.4, 0.5) is 8.78 Å². The number of rotatable bonds is 7. The fraction of sp³-hybridized carbons (Fsp3) is 0.226. The molecule has 0 unspecified atom stereocenters. The van der Waals surface area contributed by atoms with Crippen molar-refractivity contribution in [3.63, 3.8) is 0 Å². The van der Waals surface area contributed by atoms with E-state index in [2.05, 4.69) is 9.97 Å². The van der Waals surface area contributed by atoms with Crippen LogP contribution in [0.25, 0.3) is 0 Å². The maximum atomic E-state index is 13.0. The molecule has 0 saturated carbocycles. The van der Waals surface area contributed by atoms with Crippen LogP contribution >= 0.6 is 0 Å². The average molecular weight is 585 g/mol. The van der Waals surface area contributed by atoms with Gasteiger partial charge in [-0.05, 0) is 60.4 Å². The highest BCUT2D eigenvalue weighted by molar-refractivity contribution is 5.70. The molecule has 0 bridgehead atoms. The Balaban J connectivity index is 0.000000368. The number of hydrogen-bond acceptors (Lipinski definition) is 8. The number of hydrogen-bond donors (Lipinski definition) is 2. The lowest BCUT2D eigenvalue weighted by Crippen LogP contribution is -2.03. The summed E-state index contributed by atoms with van der Waals surface area (Å²) in [6.07, 6.45) is 1.62. The molecular formula is C31H34F2N2O7. The molecule has 0 aliphatic heterocycles. The van der Waals surface area contributed by atoms with Crippen LogP contribution in [0.5, 0.6) is 34.8 Å². The Kier molecular flexibility index (Phi) is 14.6. The zero-order valence-corrected chi connectivity index (χ0v) is 22.9. The molecule has 0 amide bonds. The predicted octanol–water partition coefficient (Wildman–Crippen LogP) is 7.51. The molecule has 224 valence electrons. The number of nitrogens with zero attached hydrogens (tertiary/aromatic N) is 2. The third kappa shape index (κ3) is 12.4. The summed E-state index contributed by atoms with van der Waals surface area (Å²) in [4.78, 5) is 27.3. The van der Waals surface area contributed by atoms with Gasteiger partial charge >= 0.3 is 5.97 Å². The number of carbonyl (C=O) groups is 2. The van der Waals surface area contributed by atoms with Crippen molar-refractivity contribution in [3.05, 3.63) is 95.8 Å².